The van der Waals surface area contributed by atoms with Crippen molar-refractivity contribution in [2.45, 2.75) is 97.4 Å². The highest BCUT2D eigenvalue weighted by Crippen LogP contribution is 2.31. The number of nitrogens with two attached hydrogens (primary N) is 1. The smallest absolute Gasteiger partial charge is 0.224 e. The molecule has 3 rings (SSSR count). The van der Waals surface area contributed by atoms with Gasteiger partial charge in [0.1, 0.15) is 0 Å². The van der Waals surface area contributed by atoms with E-state index < -0.39 is 6.04 Å². The molecule has 4 atom stereocenters. The van der Waals surface area contributed by atoms with Crippen molar-refractivity contribution >= 4 is 28.8 Å². The molecule has 3 aromatic rings. The lowest BCUT2D eigenvalue weighted by Crippen LogP contribution is -2.32. The fourth-order valence-electron chi connectivity index (χ4n) is 4.97. The van der Waals surface area contributed by atoms with Gasteiger partial charge in [0.25, 0.3) is 0 Å². The summed E-state index contributed by atoms with van der Waals surface area (Å²) < 4.78 is 0. The Balaban J connectivity index is 1.71. The molecule has 4 unspecified atom stereocenters. The number of nitrogens with one attached hydrogen (secondary N) is 3. The van der Waals surface area contributed by atoms with Crippen molar-refractivity contribution in [2.75, 3.05) is 16.2 Å². The van der Waals surface area contributed by atoms with E-state index in [2.05, 4.69) is 75.9 Å². The monoisotopic (exact) mass is 556 g/mol. The van der Waals surface area contributed by atoms with Gasteiger partial charge in [0.05, 0.1) is 17.4 Å². The summed E-state index contributed by atoms with van der Waals surface area (Å²) in [5.74, 6) is 0.763. The van der Waals surface area contributed by atoms with Gasteiger partial charge < -0.3 is 21.9 Å². The number of para-hydroxylation sites is 2. The van der Waals surface area contributed by atoms with Crippen LogP contribution in [0.4, 0.5) is 17.1 Å². The first-order valence-electron chi connectivity index (χ1n) is 15.1. The molecule has 1 amide bonds. The number of hydrogen-bond donors (Lipinski definition) is 4. The summed E-state index contributed by atoms with van der Waals surface area (Å²) in [6.07, 6.45) is 3.44. The number of hydrogen-bond acceptors (Lipinski definition) is 5. The molecule has 0 saturated heterocycles. The summed E-state index contributed by atoms with van der Waals surface area (Å²) in [5, 5.41) is 3.02. The number of carbonyl (C=O) groups excluding carboxylic acids is 2. The van der Waals surface area contributed by atoms with Gasteiger partial charge >= 0.3 is 0 Å². The Morgan fingerprint density at radius 1 is 0.683 bits per heavy atom. The summed E-state index contributed by atoms with van der Waals surface area (Å²) in [6, 6.07) is 21.1. The quantitative estimate of drug-likeness (QED) is 0.111. The lowest BCUT2D eigenvalue weighted by atomic mass is 9.93. The zero-order valence-corrected chi connectivity index (χ0v) is 25.6. The van der Waals surface area contributed by atoms with Crippen molar-refractivity contribution in [3.05, 3.63) is 89.0 Å². The molecule has 5 N–H and O–H groups in total. The zero-order chi connectivity index (χ0) is 29.9. The van der Waals surface area contributed by atoms with Crippen LogP contribution in [0.3, 0.4) is 0 Å². The normalized spacial score (nSPS) is 14.0. The molecule has 0 aliphatic rings. The highest BCUT2D eigenvalue weighted by Gasteiger charge is 2.20. The van der Waals surface area contributed by atoms with Crippen molar-refractivity contribution in [2.24, 2.45) is 5.73 Å². The van der Waals surface area contributed by atoms with E-state index >= 15 is 0 Å². The second-order valence-electron chi connectivity index (χ2n) is 11.2. The molecule has 6 heteroatoms. The Bertz CT molecular complexity index is 1300. The highest BCUT2D eigenvalue weighted by molar-refractivity contribution is 6.01. The fraction of sp³-hybridized carbons (Fsp3) is 0.429. The summed E-state index contributed by atoms with van der Waals surface area (Å²) in [5.41, 5.74) is 19.8. The third-order valence-corrected chi connectivity index (χ3v) is 8.31. The van der Waals surface area contributed by atoms with Crippen LogP contribution in [-0.4, -0.2) is 17.7 Å². The van der Waals surface area contributed by atoms with Crippen molar-refractivity contribution in [1.29, 1.82) is 0 Å². The molecule has 0 radical (unpaired) electrons. The van der Waals surface area contributed by atoms with E-state index in [1.165, 1.54) is 5.56 Å². The molecule has 0 aromatic heterocycles. The number of rotatable bonds is 15. The van der Waals surface area contributed by atoms with E-state index in [-0.39, 0.29) is 24.5 Å². The van der Waals surface area contributed by atoms with Crippen molar-refractivity contribution in [1.82, 2.24) is 0 Å². The molecule has 220 valence electrons. The molecule has 0 heterocycles. The first kappa shape index (κ1) is 31.9. The highest BCUT2D eigenvalue weighted by atomic mass is 16.1. The topological polar surface area (TPSA) is 96.2 Å². The molecule has 0 saturated carbocycles. The predicted octanol–water partition coefficient (Wildman–Crippen LogP) is 8.60. The molecular formula is C35H48N4O2. The van der Waals surface area contributed by atoms with Gasteiger partial charge in [-0.1, -0.05) is 90.1 Å². The Morgan fingerprint density at radius 2 is 1.17 bits per heavy atom. The van der Waals surface area contributed by atoms with E-state index in [0.717, 1.165) is 47.5 Å². The van der Waals surface area contributed by atoms with Gasteiger partial charge in [0, 0.05) is 17.7 Å². The van der Waals surface area contributed by atoms with E-state index in [4.69, 9.17) is 5.73 Å². The Labute approximate surface area is 246 Å². The van der Waals surface area contributed by atoms with Crippen LogP contribution in [0.15, 0.2) is 66.7 Å². The lowest BCUT2D eigenvalue weighted by Gasteiger charge is -2.21. The van der Waals surface area contributed by atoms with E-state index in [9.17, 15) is 9.59 Å². The van der Waals surface area contributed by atoms with Gasteiger partial charge in [0.2, 0.25) is 5.91 Å². The molecule has 6 nitrogen and oxygen atoms in total. The lowest BCUT2D eigenvalue weighted by molar-refractivity contribution is -0.116. The SMILES string of the molecule is CCC(C)c1ccccc1NNc1cc(C(=O)C(N)CCC(=O)Nc2ccccc2C(C)CC)ccc1C(C)CC. The van der Waals surface area contributed by atoms with Gasteiger partial charge in [-0.05, 0) is 78.3 Å². The van der Waals surface area contributed by atoms with Gasteiger partial charge in [-0.2, -0.15) is 0 Å². The second kappa shape index (κ2) is 15.4. The van der Waals surface area contributed by atoms with Crippen LogP contribution >= 0.6 is 0 Å². The van der Waals surface area contributed by atoms with Crippen LogP contribution in [0, 0.1) is 0 Å². The summed E-state index contributed by atoms with van der Waals surface area (Å²) >= 11 is 0. The number of carbonyl (C=O) groups is 2. The maximum atomic E-state index is 13.4. The maximum absolute atomic E-state index is 13.4. The number of benzene rings is 3. The van der Waals surface area contributed by atoms with Crippen molar-refractivity contribution in [3.63, 3.8) is 0 Å². The van der Waals surface area contributed by atoms with Gasteiger partial charge in [-0.25, -0.2) is 0 Å². The molecule has 0 aliphatic carbocycles. The van der Waals surface area contributed by atoms with Gasteiger partial charge in [-0.3, -0.25) is 9.59 Å². The second-order valence-corrected chi connectivity index (χ2v) is 11.2. The minimum absolute atomic E-state index is 0.136. The van der Waals surface area contributed by atoms with Crippen LogP contribution in [0.25, 0.3) is 0 Å². The zero-order valence-electron chi connectivity index (χ0n) is 25.6. The minimum Gasteiger partial charge on any atom is -0.326 e. The Hall–Kier alpha value is -3.64. The molecule has 0 spiro atoms. The van der Waals surface area contributed by atoms with Gasteiger partial charge in [-0.15, -0.1) is 0 Å². The van der Waals surface area contributed by atoms with E-state index in [0.29, 0.717) is 23.3 Å². The molecule has 3 aromatic carbocycles. The number of anilines is 3. The average Bonchev–Trinajstić information content (AvgIpc) is 3.01. The van der Waals surface area contributed by atoms with Crippen LogP contribution < -0.4 is 21.9 Å². The molecule has 41 heavy (non-hydrogen) atoms. The molecule has 0 aliphatic heterocycles. The van der Waals surface area contributed by atoms with Crippen LogP contribution in [0.1, 0.15) is 118 Å². The number of amides is 1. The maximum Gasteiger partial charge on any atom is 0.224 e. The third kappa shape index (κ3) is 8.43. The van der Waals surface area contributed by atoms with Crippen molar-refractivity contribution < 1.29 is 9.59 Å². The fourth-order valence-corrected chi connectivity index (χ4v) is 4.97. The molecular weight excluding hydrogens is 508 g/mol. The molecule has 0 fully saturated rings. The standard InChI is InChI=1S/C35H48N4O2/c1-7-23(4)27-14-10-12-16-31(27)37-34(40)21-20-30(36)35(41)26-18-19-29(25(6)9-3)33(22-26)39-38-32-17-13-11-15-28(32)24(5)8-2/h10-19,22-25,30,38-39H,7-9,20-21,36H2,1-6H3,(H,37,40). The summed E-state index contributed by atoms with van der Waals surface area (Å²) in [6.45, 7) is 13.0. The third-order valence-electron chi connectivity index (χ3n) is 8.31. The predicted molar refractivity (Wildman–Crippen MR) is 173 cm³/mol. The number of ketones is 1. The van der Waals surface area contributed by atoms with Crippen LogP contribution in [-0.2, 0) is 4.79 Å². The van der Waals surface area contributed by atoms with Crippen LogP contribution in [0.2, 0.25) is 0 Å². The summed E-state index contributed by atoms with van der Waals surface area (Å²) in [4.78, 5) is 26.1. The number of Topliss-reactive ketones (excluding diaryl/α,β-unsaturated/α-hetero) is 1. The molecule has 0 bridgehead atoms. The largest absolute Gasteiger partial charge is 0.326 e. The Kier molecular flexibility index (Phi) is 12.0. The van der Waals surface area contributed by atoms with E-state index in [1.54, 1.807) is 0 Å². The summed E-state index contributed by atoms with van der Waals surface area (Å²) in [7, 11) is 0. The Morgan fingerprint density at radius 3 is 1.76 bits per heavy atom. The van der Waals surface area contributed by atoms with Crippen LogP contribution in [0.5, 0.6) is 0 Å². The van der Waals surface area contributed by atoms with E-state index in [1.807, 2.05) is 48.5 Å². The average molecular weight is 557 g/mol. The van der Waals surface area contributed by atoms with Gasteiger partial charge in [0.15, 0.2) is 5.78 Å². The minimum atomic E-state index is -0.771. The first-order valence-corrected chi connectivity index (χ1v) is 15.1. The van der Waals surface area contributed by atoms with Crippen molar-refractivity contribution in [3.8, 4) is 0 Å². The number of hydrazine groups is 1. The first-order chi connectivity index (χ1) is 19.7.